The Morgan fingerprint density at radius 2 is 2.11 bits per heavy atom. The number of rotatable bonds is 6. The lowest BCUT2D eigenvalue weighted by molar-refractivity contribution is -0.148. The Kier molecular flexibility index (Phi) is 5.53. The van der Waals surface area contributed by atoms with Crippen molar-refractivity contribution in [1.29, 1.82) is 5.26 Å². The lowest BCUT2D eigenvalue weighted by atomic mass is 9.78. The molecular formula is C14H14ClNO3. The SMILES string of the molecule is CCOC(=O)C(C#N)(CCC=O)c1ccc(Cl)cc1. The van der Waals surface area contributed by atoms with Gasteiger partial charge in [-0.3, -0.25) is 0 Å². The molecule has 0 heterocycles. The molecular weight excluding hydrogens is 266 g/mol. The summed E-state index contributed by atoms with van der Waals surface area (Å²) in [5.74, 6) is -0.637. The highest BCUT2D eigenvalue weighted by molar-refractivity contribution is 6.30. The van der Waals surface area contributed by atoms with Gasteiger partial charge >= 0.3 is 5.97 Å². The van der Waals surface area contributed by atoms with Crippen molar-refractivity contribution < 1.29 is 14.3 Å². The molecule has 4 nitrogen and oxygen atoms in total. The summed E-state index contributed by atoms with van der Waals surface area (Å²) in [6, 6.07) is 8.40. The number of hydrogen-bond donors (Lipinski definition) is 0. The molecule has 0 saturated carbocycles. The number of carbonyl (C=O) groups is 2. The van der Waals surface area contributed by atoms with Gasteiger partial charge in [-0.15, -0.1) is 0 Å². The first kappa shape index (κ1) is 15.2. The molecule has 0 saturated heterocycles. The van der Waals surface area contributed by atoms with Crippen molar-refractivity contribution in [2.45, 2.75) is 25.2 Å². The minimum absolute atomic E-state index is 0.0907. The van der Waals surface area contributed by atoms with Crippen molar-refractivity contribution in [3.63, 3.8) is 0 Å². The van der Waals surface area contributed by atoms with Crippen molar-refractivity contribution in [2.24, 2.45) is 0 Å². The largest absolute Gasteiger partial charge is 0.465 e. The van der Waals surface area contributed by atoms with Gasteiger partial charge in [0.05, 0.1) is 12.7 Å². The van der Waals surface area contributed by atoms with E-state index in [4.69, 9.17) is 16.3 Å². The molecule has 0 bridgehead atoms. The summed E-state index contributed by atoms with van der Waals surface area (Å²) in [5, 5.41) is 9.93. The molecule has 0 spiro atoms. The quantitative estimate of drug-likeness (QED) is 0.593. The summed E-state index contributed by atoms with van der Waals surface area (Å²) in [6.45, 7) is 1.85. The van der Waals surface area contributed by atoms with E-state index in [-0.39, 0.29) is 19.4 Å². The molecule has 1 rings (SSSR count). The molecule has 5 heteroatoms. The monoisotopic (exact) mass is 279 g/mol. The van der Waals surface area contributed by atoms with E-state index in [1.54, 1.807) is 31.2 Å². The topological polar surface area (TPSA) is 67.2 Å². The normalized spacial score (nSPS) is 13.1. The van der Waals surface area contributed by atoms with Crippen LogP contribution in [0.5, 0.6) is 0 Å². The Morgan fingerprint density at radius 1 is 1.47 bits per heavy atom. The number of ether oxygens (including phenoxy) is 1. The van der Waals surface area contributed by atoms with Crippen LogP contribution in [0, 0.1) is 11.3 Å². The van der Waals surface area contributed by atoms with Crippen LogP contribution in [-0.4, -0.2) is 18.9 Å². The Morgan fingerprint density at radius 3 is 2.58 bits per heavy atom. The summed E-state index contributed by atoms with van der Waals surface area (Å²) in [4.78, 5) is 22.6. The van der Waals surface area contributed by atoms with Crippen molar-refractivity contribution in [2.75, 3.05) is 6.61 Å². The van der Waals surface area contributed by atoms with Gasteiger partial charge in [0.2, 0.25) is 0 Å². The predicted octanol–water partition coefficient (Wildman–Crippen LogP) is 2.64. The number of esters is 1. The number of nitriles is 1. The molecule has 1 unspecified atom stereocenters. The van der Waals surface area contributed by atoms with E-state index in [1.165, 1.54) is 0 Å². The molecule has 0 amide bonds. The summed E-state index contributed by atoms with van der Waals surface area (Å²) >= 11 is 5.79. The third-order valence-electron chi connectivity index (χ3n) is 2.79. The Labute approximate surface area is 116 Å². The first-order chi connectivity index (χ1) is 9.10. The molecule has 0 aromatic heterocycles. The van der Waals surface area contributed by atoms with Gasteiger partial charge in [-0.2, -0.15) is 5.26 Å². The highest BCUT2D eigenvalue weighted by Crippen LogP contribution is 2.31. The maximum Gasteiger partial charge on any atom is 0.331 e. The molecule has 1 aromatic rings. The van der Waals surface area contributed by atoms with Crippen LogP contribution in [0.1, 0.15) is 25.3 Å². The fraction of sp³-hybridized carbons (Fsp3) is 0.357. The van der Waals surface area contributed by atoms with Crippen molar-refractivity contribution >= 4 is 23.9 Å². The fourth-order valence-electron chi connectivity index (χ4n) is 1.79. The highest BCUT2D eigenvalue weighted by Gasteiger charge is 2.41. The molecule has 1 atom stereocenters. The maximum absolute atomic E-state index is 12.1. The summed E-state index contributed by atoms with van der Waals surface area (Å²) in [7, 11) is 0. The van der Waals surface area contributed by atoms with Gasteiger partial charge in [-0.05, 0) is 31.0 Å². The van der Waals surface area contributed by atoms with Gasteiger partial charge in [-0.25, -0.2) is 4.79 Å². The number of nitrogens with zero attached hydrogens (tertiary/aromatic N) is 1. The van der Waals surface area contributed by atoms with E-state index in [0.717, 1.165) is 0 Å². The second-order valence-electron chi connectivity index (χ2n) is 3.95. The van der Waals surface area contributed by atoms with Gasteiger partial charge in [-0.1, -0.05) is 23.7 Å². The number of benzene rings is 1. The molecule has 19 heavy (non-hydrogen) atoms. The van der Waals surface area contributed by atoms with Crippen molar-refractivity contribution in [3.8, 4) is 6.07 Å². The maximum atomic E-state index is 12.1. The lowest BCUT2D eigenvalue weighted by Crippen LogP contribution is -2.36. The molecule has 100 valence electrons. The van der Waals surface area contributed by atoms with Crippen LogP contribution >= 0.6 is 11.6 Å². The van der Waals surface area contributed by atoms with E-state index in [2.05, 4.69) is 0 Å². The Bertz CT molecular complexity index is 492. The number of hydrogen-bond acceptors (Lipinski definition) is 4. The lowest BCUT2D eigenvalue weighted by Gasteiger charge is -2.24. The first-order valence-electron chi connectivity index (χ1n) is 5.89. The van der Waals surface area contributed by atoms with Gasteiger partial charge in [0.25, 0.3) is 0 Å². The van der Waals surface area contributed by atoms with Crippen molar-refractivity contribution in [1.82, 2.24) is 0 Å². The zero-order valence-corrected chi connectivity index (χ0v) is 11.3. The summed E-state index contributed by atoms with van der Waals surface area (Å²) in [6.07, 6.45) is 0.879. The predicted molar refractivity (Wildman–Crippen MR) is 70.7 cm³/mol. The van der Waals surface area contributed by atoms with E-state index in [1.807, 2.05) is 6.07 Å². The minimum atomic E-state index is -1.46. The average molecular weight is 280 g/mol. The fourth-order valence-corrected chi connectivity index (χ4v) is 1.92. The highest BCUT2D eigenvalue weighted by atomic mass is 35.5. The standard InChI is InChI=1S/C14H14ClNO3/c1-2-19-13(18)14(10-16,8-3-9-17)11-4-6-12(15)7-5-11/h4-7,9H,2-3,8H2,1H3. The van der Waals surface area contributed by atoms with Gasteiger partial charge in [0.15, 0.2) is 5.41 Å². The van der Waals surface area contributed by atoms with Gasteiger partial charge in [0, 0.05) is 11.4 Å². The van der Waals surface area contributed by atoms with Crippen LogP contribution in [0.4, 0.5) is 0 Å². The van der Waals surface area contributed by atoms with Gasteiger partial charge in [0.1, 0.15) is 6.29 Å². The van der Waals surface area contributed by atoms with Crippen LogP contribution in [0.15, 0.2) is 24.3 Å². The molecule has 0 aliphatic rings. The minimum Gasteiger partial charge on any atom is -0.465 e. The Hall–Kier alpha value is -1.86. The second-order valence-corrected chi connectivity index (χ2v) is 4.39. The molecule has 1 aromatic carbocycles. The molecule has 0 aliphatic heterocycles. The van der Waals surface area contributed by atoms with Crippen LogP contribution in [0.3, 0.4) is 0 Å². The van der Waals surface area contributed by atoms with Crippen LogP contribution in [0.25, 0.3) is 0 Å². The van der Waals surface area contributed by atoms with E-state index in [9.17, 15) is 14.9 Å². The number of aldehydes is 1. The smallest absolute Gasteiger partial charge is 0.331 e. The van der Waals surface area contributed by atoms with Crippen LogP contribution < -0.4 is 0 Å². The average Bonchev–Trinajstić information content (AvgIpc) is 2.42. The number of carbonyl (C=O) groups excluding carboxylic acids is 2. The summed E-state index contributed by atoms with van der Waals surface area (Å²) in [5.41, 5.74) is -0.971. The van der Waals surface area contributed by atoms with E-state index in [0.29, 0.717) is 16.9 Å². The molecule has 0 fully saturated rings. The van der Waals surface area contributed by atoms with E-state index >= 15 is 0 Å². The summed E-state index contributed by atoms with van der Waals surface area (Å²) < 4.78 is 4.97. The first-order valence-corrected chi connectivity index (χ1v) is 6.26. The molecule has 0 N–H and O–H groups in total. The van der Waals surface area contributed by atoms with Gasteiger partial charge < -0.3 is 9.53 Å². The zero-order chi connectivity index (χ0) is 14.3. The van der Waals surface area contributed by atoms with Crippen LogP contribution in [0.2, 0.25) is 5.02 Å². The second kappa shape index (κ2) is 6.91. The van der Waals surface area contributed by atoms with Crippen molar-refractivity contribution in [3.05, 3.63) is 34.9 Å². The van der Waals surface area contributed by atoms with E-state index < -0.39 is 11.4 Å². The zero-order valence-electron chi connectivity index (χ0n) is 10.6. The third kappa shape index (κ3) is 3.33. The Balaban J connectivity index is 3.23. The molecule has 0 aliphatic carbocycles. The third-order valence-corrected chi connectivity index (χ3v) is 3.04. The number of halogens is 1. The molecule has 0 radical (unpaired) electrons. The van der Waals surface area contributed by atoms with Crippen LogP contribution in [-0.2, 0) is 19.7 Å².